The highest BCUT2D eigenvalue weighted by Gasteiger charge is 2.31. The lowest BCUT2D eigenvalue weighted by molar-refractivity contribution is -0.0573. The summed E-state index contributed by atoms with van der Waals surface area (Å²) in [6.07, 6.45) is 1.93. The first kappa shape index (κ1) is 9.01. The monoisotopic (exact) mass is 158 g/mol. The third kappa shape index (κ3) is 1.94. The van der Waals surface area contributed by atoms with Crippen molar-refractivity contribution in [2.24, 2.45) is 11.8 Å². The van der Waals surface area contributed by atoms with Crippen LogP contribution < -0.4 is 0 Å². The number of rotatable bonds is 1. The molecular formula is C9H18O2. The number of aliphatic hydroxyl groups is 2. The molecule has 0 spiro atoms. The minimum atomic E-state index is -0.483. The van der Waals surface area contributed by atoms with Gasteiger partial charge in [-0.25, -0.2) is 0 Å². The number of aliphatic hydroxyl groups excluding tert-OH is 2. The van der Waals surface area contributed by atoms with E-state index in [1.54, 1.807) is 0 Å². The fourth-order valence-electron chi connectivity index (χ4n) is 1.92. The second-order valence-corrected chi connectivity index (χ2v) is 3.90. The summed E-state index contributed by atoms with van der Waals surface area (Å²) in [5, 5.41) is 18.9. The Morgan fingerprint density at radius 1 is 1.18 bits per heavy atom. The van der Waals surface area contributed by atoms with Crippen molar-refractivity contribution in [2.75, 3.05) is 0 Å². The van der Waals surface area contributed by atoms with Crippen LogP contribution in [0.3, 0.4) is 0 Å². The van der Waals surface area contributed by atoms with E-state index in [4.69, 9.17) is 0 Å². The summed E-state index contributed by atoms with van der Waals surface area (Å²) in [5.74, 6) is 0.790. The zero-order valence-electron chi connectivity index (χ0n) is 7.33. The lowest BCUT2D eigenvalue weighted by Gasteiger charge is -2.34. The van der Waals surface area contributed by atoms with Crippen LogP contribution in [0, 0.1) is 11.8 Å². The zero-order valence-corrected chi connectivity index (χ0v) is 7.33. The molecule has 1 aliphatic rings. The highest BCUT2D eigenvalue weighted by atomic mass is 16.3. The Labute approximate surface area is 68.2 Å². The van der Waals surface area contributed by atoms with Crippen molar-refractivity contribution in [3.05, 3.63) is 0 Å². The van der Waals surface area contributed by atoms with Crippen molar-refractivity contribution < 1.29 is 10.2 Å². The Bertz CT molecular complexity index is 123. The average Bonchev–Trinajstić information content (AvgIpc) is 1.94. The summed E-state index contributed by atoms with van der Waals surface area (Å²) in [6, 6.07) is 0. The smallest absolute Gasteiger partial charge is 0.0829 e. The van der Waals surface area contributed by atoms with Gasteiger partial charge in [0.15, 0.2) is 0 Å². The lowest BCUT2D eigenvalue weighted by atomic mass is 9.78. The molecule has 1 aliphatic carbocycles. The standard InChI is InChI=1S/C9H18O2/c1-6(2)7-4-3-5-8(10)9(7)11/h6-11H,3-5H2,1-2H3/t7-,8+,9+/m0/s1. The van der Waals surface area contributed by atoms with E-state index >= 15 is 0 Å². The van der Waals surface area contributed by atoms with Crippen LogP contribution in [0.4, 0.5) is 0 Å². The zero-order chi connectivity index (χ0) is 8.43. The van der Waals surface area contributed by atoms with Gasteiger partial charge in [-0.2, -0.15) is 0 Å². The van der Waals surface area contributed by atoms with Gasteiger partial charge in [0.2, 0.25) is 0 Å². The quantitative estimate of drug-likeness (QED) is 0.601. The molecule has 3 atom stereocenters. The first-order valence-corrected chi connectivity index (χ1v) is 4.49. The summed E-state index contributed by atoms with van der Waals surface area (Å²) in [5.41, 5.74) is 0. The molecule has 0 aromatic heterocycles. The van der Waals surface area contributed by atoms with Crippen LogP contribution in [0.15, 0.2) is 0 Å². The van der Waals surface area contributed by atoms with E-state index in [0.29, 0.717) is 11.8 Å². The van der Waals surface area contributed by atoms with E-state index in [9.17, 15) is 10.2 Å². The number of hydrogen-bond acceptors (Lipinski definition) is 2. The van der Waals surface area contributed by atoms with Crippen LogP contribution in [0.5, 0.6) is 0 Å². The third-order valence-corrected chi connectivity index (χ3v) is 2.73. The van der Waals surface area contributed by atoms with Crippen molar-refractivity contribution in [2.45, 2.75) is 45.3 Å². The second-order valence-electron chi connectivity index (χ2n) is 3.90. The molecule has 0 saturated heterocycles. The molecular weight excluding hydrogens is 140 g/mol. The molecule has 0 aliphatic heterocycles. The average molecular weight is 158 g/mol. The van der Waals surface area contributed by atoms with E-state index in [1.165, 1.54) is 0 Å². The maximum Gasteiger partial charge on any atom is 0.0829 e. The molecule has 2 nitrogen and oxygen atoms in total. The summed E-state index contributed by atoms with van der Waals surface area (Å²) < 4.78 is 0. The van der Waals surface area contributed by atoms with Crippen LogP contribution in [-0.2, 0) is 0 Å². The van der Waals surface area contributed by atoms with Crippen LogP contribution in [0.1, 0.15) is 33.1 Å². The highest BCUT2D eigenvalue weighted by molar-refractivity contribution is 4.82. The normalized spacial score (nSPS) is 39.5. The van der Waals surface area contributed by atoms with Gasteiger partial charge in [0.25, 0.3) is 0 Å². The van der Waals surface area contributed by atoms with Crippen LogP contribution >= 0.6 is 0 Å². The van der Waals surface area contributed by atoms with Crippen LogP contribution in [-0.4, -0.2) is 22.4 Å². The molecule has 0 aromatic carbocycles. The van der Waals surface area contributed by atoms with Gasteiger partial charge in [0.05, 0.1) is 12.2 Å². The van der Waals surface area contributed by atoms with Crippen molar-refractivity contribution in [3.63, 3.8) is 0 Å². The van der Waals surface area contributed by atoms with Gasteiger partial charge in [-0.1, -0.05) is 20.3 Å². The summed E-state index contributed by atoms with van der Waals surface area (Å²) in [6.45, 7) is 4.21. The predicted octanol–water partition coefficient (Wildman–Crippen LogP) is 1.16. The lowest BCUT2D eigenvalue weighted by Crippen LogP contribution is -2.39. The predicted molar refractivity (Wildman–Crippen MR) is 44.2 cm³/mol. The van der Waals surface area contributed by atoms with Gasteiger partial charge in [-0.15, -0.1) is 0 Å². The van der Waals surface area contributed by atoms with Crippen LogP contribution in [0.25, 0.3) is 0 Å². The SMILES string of the molecule is CC(C)[C@@H]1CCC[C@@H](O)[C@@H]1O. The van der Waals surface area contributed by atoms with Gasteiger partial charge >= 0.3 is 0 Å². The van der Waals surface area contributed by atoms with E-state index in [-0.39, 0.29) is 0 Å². The van der Waals surface area contributed by atoms with Crippen molar-refractivity contribution in [3.8, 4) is 0 Å². The molecule has 1 fully saturated rings. The van der Waals surface area contributed by atoms with Gasteiger partial charge in [0, 0.05) is 0 Å². The van der Waals surface area contributed by atoms with E-state index < -0.39 is 12.2 Å². The molecule has 0 bridgehead atoms. The summed E-state index contributed by atoms with van der Waals surface area (Å²) >= 11 is 0. The van der Waals surface area contributed by atoms with Gasteiger partial charge in [-0.05, 0) is 24.7 Å². The third-order valence-electron chi connectivity index (χ3n) is 2.73. The Balaban J connectivity index is 2.51. The Morgan fingerprint density at radius 3 is 2.27 bits per heavy atom. The maximum atomic E-state index is 9.56. The minimum absolute atomic E-state index is 0.304. The Kier molecular flexibility index (Phi) is 2.90. The van der Waals surface area contributed by atoms with Crippen molar-refractivity contribution in [1.29, 1.82) is 0 Å². The molecule has 2 heteroatoms. The van der Waals surface area contributed by atoms with Crippen molar-refractivity contribution >= 4 is 0 Å². The van der Waals surface area contributed by atoms with Gasteiger partial charge < -0.3 is 10.2 Å². The maximum absolute atomic E-state index is 9.56. The topological polar surface area (TPSA) is 40.5 Å². The number of hydrogen-bond donors (Lipinski definition) is 2. The molecule has 0 amide bonds. The van der Waals surface area contributed by atoms with Gasteiger partial charge in [0.1, 0.15) is 0 Å². The fraction of sp³-hybridized carbons (Fsp3) is 1.00. The molecule has 11 heavy (non-hydrogen) atoms. The second kappa shape index (κ2) is 3.55. The molecule has 0 radical (unpaired) electrons. The Morgan fingerprint density at radius 2 is 1.82 bits per heavy atom. The molecule has 1 saturated carbocycles. The fourth-order valence-corrected chi connectivity index (χ4v) is 1.92. The van der Waals surface area contributed by atoms with E-state index in [1.807, 2.05) is 0 Å². The Hall–Kier alpha value is -0.0800. The summed E-state index contributed by atoms with van der Waals surface area (Å²) in [4.78, 5) is 0. The van der Waals surface area contributed by atoms with Crippen LogP contribution in [0.2, 0.25) is 0 Å². The molecule has 66 valence electrons. The molecule has 1 rings (SSSR count). The molecule has 0 unspecified atom stereocenters. The molecule has 0 heterocycles. The summed E-state index contributed by atoms with van der Waals surface area (Å²) in [7, 11) is 0. The van der Waals surface area contributed by atoms with E-state index in [2.05, 4.69) is 13.8 Å². The van der Waals surface area contributed by atoms with Crippen molar-refractivity contribution in [1.82, 2.24) is 0 Å². The first-order valence-electron chi connectivity index (χ1n) is 4.49. The minimum Gasteiger partial charge on any atom is -0.390 e. The van der Waals surface area contributed by atoms with Gasteiger partial charge in [-0.3, -0.25) is 0 Å². The first-order chi connectivity index (χ1) is 5.13. The highest BCUT2D eigenvalue weighted by Crippen LogP contribution is 2.30. The molecule has 0 aromatic rings. The van der Waals surface area contributed by atoms with E-state index in [0.717, 1.165) is 19.3 Å². The largest absolute Gasteiger partial charge is 0.390 e. The molecule has 2 N–H and O–H groups in total.